The van der Waals surface area contributed by atoms with Crippen LogP contribution >= 0.6 is 0 Å². The zero-order valence-corrected chi connectivity index (χ0v) is 9.40. The van der Waals surface area contributed by atoms with Crippen LogP contribution in [-0.4, -0.2) is 42.3 Å². The molecule has 1 fully saturated rings. The van der Waals surface area contributed by atoms with Gasteiger partial charge in [0.2, 0.25) is 0 Å². The summed E-state index contributed by atoms with van der Waals surface area (Å²) in [5, 5.41) is 11.4. The van der Waals surface area contributed by atoms with Crippen molar-refractivity contribution in [2.75, 3.05) is 32.5 Å². The first-order valence-electron chi connectivity index (χ1n) is 5.49. The second-order valence-electron chi connectivity index (χ2n) is 4.17. The van der Waals surface area contributed by atoms with Crippen molar-refractivity contribution in [2.24, 2.45) is 0 Å². The van der Waals surface area contributed by atoms with Crippen molar-refractivity contribution in [1.82, 2.24) is 15.1 Å². The molecule has 1 aliphatic rings. The van der Waals surface area contributed by atoms with E-state index in [0.29, 0.717) is 5.92 Å². The number of rotatable bonds is 2. The molecule has 0 unspecified atom stereocenters. The Bertz CT molecular complexity index is 301. The highest BCUT2D eigenvalue weighted by Gasteiger charge is 2.19. The molecule has 0 bridgehead atoms. The van der Waals surface area contributed by atoms with Crippen LogP contribution in [0.15, 0.2) is 12.1 Å². The zero-order valence-electron chi connectivity index (χ0n) is 9.40. The average molecular weight is 206 g/mol. The van der Waals surface area contributed by atoms with Gasteiger partial charge in [-0.05, 0) is 45.1 Å². The normalized spacial score (nSPS) is 19.1. The summed E-state index contributed by atoms with van der Waals surface area (Å²) in [4.78, 5) is 2.37. The fourth-order valence-electron chi connectivity index (χ4n) is 2.00. The molecule has 0 radical (unpaired) electrons. The number of aromatic nitrogens is 2. The van der Waals surface area contributed by atoms with E-state index in [9.17, 15) is 0 Å². The molecule has 1 aromatic heterocycles. The Morgan fingerprint density at radius 3 is 2.53 bits per heavy atom. The van der Waals surface area contributed by atoms with E-state index in [-0.39, 0.29) is 0 Å². The molecule has 0 amide bonds. The molecule has 0 aliphatic carbocycles. The van der Waals surface area contributed by atoms with Gasteiger partial charge in [0.1, 0.15) is 5.82 Å². The van der Waals surface area contributed by atoms with Crippen LogP contribution in [0.1, 0.15) is 24.5 Å². The molecule has 1 aromatic rings. The Kier molecular flexibility index (Phi) is 3.16. The summed E-state index contributed by atoms with van der Waals surface area (Å²) in [6, 6.07) is 4.09. The van der Waals surface area contributed by atoms with E-state index in [1.165, 1.54) is 25.9 Å². The topological polar surface area (TPSA) is 41.0 Å². The van der Waals surface area contributed by atoms with Crippen molar-refractivity contribution in [1.29, 1.82) is 0 Å². The summed E-state index contributed by atoms with van der Waals surface area (Å²) in [6.07, 6.45) is 2.40. The van der Waals surface area contributed by atoms with Gasteiger partial charge in [-0.25, -0.2) is 0 Å². The number of nitrogens with one attached hydrogen (secondary N) is 1. The summed E-state index contributed by atoms with van der Waals surface area (Å²) < 4.78 is 0. The second kappa shape index (κ2) is 4.57. The van der Waals surface area contributed by atoms with Gasteiger partial charge in [-0.3, -0.25) is 0 Å². The Labute approximate surface area is 90.7 Å². The predicted molar refractivity (Wildman–Crippen MR) is 61.1 cm³/mol. The van der Waals surface area contributed by atoms with Crippen LogP contribution in [0.2, 0.25) is 0 Å². The SMILES string of the molecule is CNc1ccc(C2CCN(C)CC2)nn1. The minimum absolute atomic E-state index is 0.597. The molecule has 15 heavy (non-hydrogen) atoms. The first kappa shape index (κ1) is 10.4. The van der Waals surface area contributed by atoms with Crippen LogP contribution in [0.25, 0.3) is 0 Å². The number of hydrogen-bond donors (Lipinski definition) is 1. The van der Waals surface area contributed by atoms with Gasteiger partial charge >= 0.3 is 0 Å². The van der Waals surface area contributed by atoms with Gasteiger partial charge in [0.25, 0.3) is 0 Å². The van der Waals surface area contributed by atoms with Gasteiger partial charge in [-0.15, -0.1) is 5.10 Å². The Morgan fingerprint density at radius 2 is 2.00 bits per heavy atom. The van der Waals surface area contributed by atoms with E-state index in [2.05, 4.69) is 33.5 Å². The molecule has 2 heterocycles. The second-order valence-corrected chi connectivity index (χ2v) is 4.17. The van der Waals surface area contributed by atoms with Crippen molar-refractivity contribution in [3.05, 3.63) is 17.8 Å². The van der Waals surface area contributed by atoms with E-state index >= 15 is 0 Å². The third-order valence-electron chi connectivity index (χ3n) is 3.08. The molecular formula is C11H18N4. The highest BCUT2D eigenvalue weighted by atomic mass is 15.2. The van der Waals surface area contributed by atoms with Crippen LogP contribution < -0.4 is 5.32 Å². The fourth-order valence-corrected chi connectivity index (χ4v) is 2.00. The summed E-state index contributed by atoms with van der Waals surface area (Å²) in [7, 11) is 4.03. The molecule has 2 rings (SSSR count). The lowest BCUT2D eigenvalue weighted by molar-refractivity contribution is 0.253. The van der Waals surface area contributed by atoms with E-state index < -0.39 is 0 Å². The van der Waals surface area contributed by atoms with Crippen LogP contribution in [0, 0.1) is 0 Å². The summed E-state index contributed by atoms with van der Waals surface area (Å²) in [6.45, 7) is 2.33. The minimum atomic E-state index is 0.597. The van der Waals surface area contributed by atoms with Crippen molar-refractivity contribution in [2.45, 2.75) is 18.8 Å². The molecule has 0 aromatic carbocycles. The molecular weight excluding hydrogens is 188 g/mol. The van der Waals surface area contributed by atoms with E-state index in [4.69, 9.17) is 0 Å². The first-order valence-corrected chi connectivity index (χ1v) is 5.49. The van der Waals surface area contributed by atoms with Gasteiger partial charge < -0.3 is 10.2 Å². The Balaban J connectivity index is 2.03. The maximum atomic E-state index is 4.27. The lowest BCUT2D eigenvalue weighted by Gasteiger charge is -2.28. The van der Waals surface area contributed by atoms with Crippen LogP contribution in [-0.2, 0) is 0 Å². The van der Waals surface area contributed by atoms with Crippen molar-refractivity contribution in [3.8, 4) is 0 Å². The molecule has 82 valence electrons. The minimum Gasteiger partial charge on any atom is -0.372 e. The van der Waals surface area contributed by atoms with Gasteiger partial charge in [0.05, 0.1) is 5.69 Å². The average Bonchev–Trinajstić information content (AvgIpc) is 2.30. The van der Waals surface area contributed by atoms with Crippen molar-refractivity contribution in [3.63, 3.8) is 0 Å². The number of hydrogen-bond acceptors (Lipinski definition) is 4. The third-order valence-corrected chi connectivity index (χ3v) is 3.08. The maximum absolute atomic E-state index is 4.27. The molecule has 0 spiro atoms. The Hall–Kier alpha value is -1.16. The predicted octanol–water partition coefficient (Wildman–Crippen LogP) is 1.33. The first-order chi connectivity index (χ1) is 7.29. The maximum Gasteiger partial charge on any atom is 0.148 e. The van der Waals surface area contributed by atoms with Gasteiger partial charge in [-0.1, -0.05) is 0 Å². The Morgan fingerprint density at radius 1 is 1.27 bits per heavy atom. The summed E-state index contributed by atoms with van der Waals surface area (Å²) in [5.74, 6) is 1.44. The molecule has 0 saturated carbocycles. The lowest BCUT2D eigenvalue weighted by atomic mass is 9.94. The van der Waals surface area contributed by atoms with Crippen molar-refractivity contribution >= 4 is 5.82 Å². The fraction of sp³-hybridized carbons (Fsp3) is 0.636. The van der Waals surface area contributed by atoms with E-state index in [1.54, 1.807) is 0 Å². The van der Waals surface area contributed by atoms with E-state index in [0.717, 1.165) is 11.5 Å². The number of likely N-dealkylation sites (tertiary alicyclic amines) is 1. The highest BCUT2D eigenvalue weighted by molar-refractivity contribution is 5.32. The lowest BCUT2D eigenvalue weighted by Crippen LogP contribution is -2.29. The van der Waals surface area contributed by atoms with E-state index in [1.807, 2.05) is 13.1 Å². The smallest absolute Gasteiger partial charge is 0.148 e. The van der Waals surface area contributed by atoms with Gasteiger partial charge in [-0.2, -0.15) is 5.10 Å². The number of nitrogens with zero attached hydrogens (tertiary/aromatic N) is 3. The molecule has 4 nitrogen and oxygen atoms in total. The summed E-state index contributed by atoms with van der Waals surface area (Å²) in [5.41, 5.74) is 1.14. The van der Waals surface area contributed by atoms with Crippen LogP contribution in [0.4, 0.5) is 5.82 Å². The number of piperidine rings is 1. The van der Waals surface area contributed by atoms with Crippen molar-refractivity contribution < 1.29 is 0 Å². The summed E-state index contributed by atoms with van der Waals surface area (Å²) >= 11 is 0. The highest BCUT2D eigenvalue weighted by Crippen LogP contribution is 2.25. The van der Waals surface area contributed by atoms with Gasteiger partial charge in [0, 0.05) is 13.0 Å². The molecule has 1 saturated heterocycles. The quantitative estimate of drug-likeness (QED) is 0.792. The number of anilines is 1. The largest absolute Gasteiger partial charge is 0.372 e. The molecule has 1 aliphatic heterocycles. The van der Waals surface area contributed by atoms with Crippen LogP contribution in [0.5, 0.6) is 0 Å². The molecule has 4 heteroatoms. The zero-order chi connectivity index (χ0) is 10.7. The molecule has 0 atom stereocenters. The monoisotopic (exact) mass is 206 g/mol. The standard InChI is InChI=1S/C11H18N4/c1-12-11-4-3-10(13-14-11)9-5-7-15(2)8-6-9/h3-4,9H,5-8H2,1-2H3,(H,12,14). The van der Waals surface area contributed by atoms with Crippen LogP contribution in [0.3, 0.4) is 0 Å². The van der Waals surface area contributed by atoms with Gasteiger partial charge in [0.15, 0.2) is 0 Å². The third kappa shape index (κ3) is 2.45. The molecule has 1 N–H and O–H groups in total.